The van der Waals surface area contributed by atoms with E-state index in [0.29, 0.717) is 35.3 Å². The minimum Gasteiger partial charge on any atom is -0.462 e. The van der Waals surface area contributed by atoms with E-state index in [-0.39, 0.29) is 36.2 Å². The van der Waals surface area contributed by atoms with Crippen LogP contribution in [0, 0.1) is 11.8 Å². The van der Waals surface area contributed by atoms with Crippen LogP contribution in [0.15, 0.2) is 60.2 Å². The number of hydrogen-bond acceptors (Lipinski definition) is 5. The molecule has 2 atom stereocenters. The van der Waals surface area contributed by atoms with Crippen molar-refractivity contribution in [3.05, 3.63) is 71.3 Å². The van der Waals surface area contributed by atoms with Gasteiger partial charge >= 0.3 is 5.97 Å². The predicted molar refractivity (Wildman–Crippen MR) is 119 cm³/mol. The lowest BCUT2D eigenvalue weighted by Gasteiger charge is -2.18. The van der Waals surface area contributed by atoms with Crippen LogP contribution in [0.4, 0.5) is 11.4 Å². The fourth-order valence-electron chi connectivity index (χ4n) is 4.19. The molecule has 1 saturated heterocycles. The highest BCUT2D eigenvalue weighted by atomic mass is 16.5. The molecule has 0 saturated carbocycles. The van der Waals surface area contributed by atoms with Crippen molar-refractivity contribution in [1.82, 2.24) is 0 Å². The van der Waals surface area contributed by atoms with Crippen molar-refractivity contribution in [3.8, 4) is 0 Å². The molecule has 0 radical (unpaired) electrons. The summed E-state index contributed by atoms with van der Waals surface area (Å²) >= 11 is 0. The largest absolute Gasteiger partial charge is 0.462 e. The van der Waals surface area contributed by atoms with Crippen molar-refractivity contribution >= 4 is 35.1 Å². The third-order valence-corrected chi connectivity index (χ3v) is 5.84. The molecule has 1 heterocycles. The lowest BCUT2D eigenvalue weighted by atomic mass is 9.82. The number of hydrogen-bond donors (Lipinski definition) is 1. The number of fused-ring (bicyclic) bond motifs is 1. The van der Waals surface area contributed by atoms with Gasteiger partial charge in [0.25, 0.3) is 5.91 Å². The number of carbonyl (C=O) groups is 4. The van der Waals surface area contributed by atoms with E-state index >= 15 is 0 Å². The molecule has 7 heteroatoms. The van der Waals surface area contributed by atoms with Gasteiger partial charge in [0.2, 0.25) is 11.8 Å². The van der Waals surface area contributed by atoms with Gasteiger partial charge in [-0.3, -0.25) is 19.3 Å². The van der Waals surface area contributed by atoms with Crippen LogP contribution in [-0.2, 0) is 14.3 Å². The van der Waals surface area contributed by atoms with Gasteiger partial charge in [-0.15, -0.1) is 0 Å². The Morgan fingerprint density at radius 1 is 1.03 bits per heavy atom. The summed E-state index contributed by atoms with van der Waals surface area (Å²) in [7, 11) is 0. The van der Waals surface area contributed by atoms with Crippen molar-refractivity contribution in [2.24, 2.45) is 11.8 Å². The molecule has 0 bridgehead atoms. The molecule has 3 amide bonds. The molecule has 0 unspecified atom stereocenters. The highest BCUT2D eigenvalue weighted by Gasteiger charge is 2.48. The molecule has 1 fully saturated rings. The first-order chi connectivity index (χ1) is 15.4. The van der Waals surface area contributed by atoms with Crippen molar-refractivity contribution in [1.29, 1.82) is 0 Å². The number of ether oxygens (including phenoxy) is 1. The van der Waals surface area contributed by atoms with Crippen molar-refractivity contribution in [2.75, 3.05) is 16.8 Å². The predicted octanol–water partition coefficient (Wildman–Crippen LogP) is 3.96. The van der Waals surface area contributed by atoms with Gasteiger partial charge in [-0.1, -0.05) is 17.7 Å². The van der Waals surface area contributed by atoms with Gasteiger partial charge in [-0.25, -0.2) is 4.79 Å². The minimum atomic E-state index is -0.427. The summed E-state index contributed by atoms with van der Waals surface area (Å²) < 4.78 is 4.95. The zero-order valence-electron chi connectivity index (χ0n) is 18.0. The molecule has 0 aromatic heterocycles. The molecular weight excluding hydrogens is 408 g/mol. The molecule has 1 N–H and O–H groups in total. The lowest BCUT2D eigenvalue weighted by molar-refractivity contribution is -0.122. The molecular formula is C25H24N2O5. The topological polar surface area (TPSA) is 92.8 Å². The zero-order valence-corrected chi connectivity index (χ0v) is 18.0. The molecule has 164 valence electrons. The van der Waals surface area contributed by atoms with Crippen molar-refractivity contribution in [3.63, 3.8) is 0 Å². The maximum atomic E-state index is 12.9. The summed E-state index contributed by atoms with van der Waals surface area (Å²) in [5, 5.41) is 2.76. The molecule has 2 aromatic carbocycles. The number of nitrogens with one attached hydrogen (secondary N) is 1. The quantitative estimate of drug-likeness (QED) is 0.439. The van der Waals surface area contributed by atoms with E-state index in [2.05, 4.69) is 5.32 Å². The van der Waals surface area contributed by atoms with Crippen LogP contribution in [0.5, 0.6) is 0 Å². The molecule has 0 spiro atoms. The van der Waals surface area contributed by atoms with Crippen LogP contribution >= 0.6 is 0 Å². The van der Waals surface area contributed by atoms with Gasteiger partial charge < -0.3 is 10.1 Å². The molecule has 2 aromatic rings. The molecule has 4 rings (SSSR count). The van der Waals surface area contributed by atoms with Crippen LogP contribution in [0.1, 0.15) is 47.4 Å². The number of carbonyl (C=O) groups excluding carboxylic acids is 4. The van der Waals surface area contributed by atoms with Crippen LogP contribution in [0.3, 0.4) is 0 Å². The van der Waals surface area contributed by atoms with Gasteiger partial charge in [0.15, 0.2) is 0 Å². The lowest BCUT2D eigenvalue weighted by Crippen LogP contribution is -2.31. The third kappa shape index (κ3) is 4.06. The number of benzene rings is 2. The van der Waals surface area contributed by atoms with Crippen LogP contribution in [-0.4, -0.2) is 30.3 Å². The van der Waals surface area contributed by atoms with E-state index in [1.165, 1.54) is 4.90 Å². The summed E-state index contributed by atoms with van der Waals surface area (Å²) in [4.78, 5) is 51.6. The van der Waals surface area contributed by atoms with Crippen molar-refractivity contribution in [2.45, 2.75) is 26.7 Å². The number of rotatable bonds is 5. The Morgan fingerprint density at radius 2 is 1.75 bits per heavy atom. The standard InChI is InChI=1S/C25H24N2O5/c1-3-32-25(31)16-8-10-18(11-9-16)26-22(28)17-5-4-6-19(14-17)27-23(29)20-12-7-15(2)13-21(20)24(27)30/h4-11,14,20-21H,3,12-13H2,1-2H3,(H,26,28)/t20-,21+/m0/s1. The minimum absolute atomic E-state index is 0.209. The summed E-state index contributed by atoms with van der Waals surface area (Å²) in [6.07, 6.45) is 3.18. The summed E-state index contributed by atoms with van der Waals surface area (Å²) in [6.45, 7) is 3.99. The first kappa shape index (κ1) is 21.5. The molecule has 32 heavy (non-hydrogen) atoms. The number of allylic oxidation sites excluding steroid dienone is 2. The monoisotopic (exact) mass is 432 g/mol. The van der Waals surface area contributed by atoms with E-state index in [0.717, 1.165) is 5.57 Å². The second-order valence-electron chi connectivity index (χ2n) is 8.02. The number of amides is 3. The van der Waals surface area contributed by atoms with Crippen LogP contribution in [0.25, 0.3) is 0 Å². The van der Waals surface area contributed by atoms with Gasteiger partial charge in [-0.05, 0) is 69.2 Å². The Bertz CT molecular complexity index is 1120. The highest BCUT2D eigenvalue weighted by Crippen LogP contribution is 2.39. The molecule has 1 aliphatic carbocycles. The fraction of sp³-hybridized carbons (Fsp3) is 0.280. The number of imide groups is 1. The smallest absolute Gasteiger partial charge is 0.338 e. The second-order valence-corrected chi connectivity index (χ2v) is 8.02. The van der Waals surface area contributed by atoms with Gasteiger partial charge in [0.05, 0.1) is 29.7 Å². The second kappa shape index (κ2) is 8.78. The van der Waals surface area contributed by atoms with Gasteiger partial charge in [-0.2, -0.15) is 0 Å². The van der Waals surface area contributed by atoms with Gasteiger partial charge in [0, 0.05) is 11.3 Å². The number of esters is 1. The van der Waals surface area contributed by atoms with Crippen LogP contribution in [0.2, 0.25) is 0 Å². The highest BCUT2D eigenvalue weighted by molar-refractivity contribution is 6.22. The Kier molecular flexibility index (Phi) is 5.90. The van der Waals surface area contributed by atoms with Gasteiger partial charge in [0.1, 0.15) is 0 Å². The maximum absolute atomic E-state index is 12.9. The number of anilines is 2. The molecule has 7 nitrogen and oxygen atoms in total. The first-order valence-electron chi connectivity index (χ1n) is 10.6. The fourth-order valence-corrected chi connectivity index (χ4v) is 4.19. The van der Waals surface area contributed by atoms with E-state index in [1.54, 1.807) is 55.5 Å². The maximum Gasteiger partial charge on any atom is 0.338 e. The van der Waals surface area contributed by atoms with Crippen LogP contribution < -0.4 is 10.2 Å². The summed E-state index contributed by atoms with van der Waals surface area (Å²) in [5.74, 6) is -1.89. The molecule has 2 aliphatic rings. The molecule has 1 aliphatic heterocycles. The first-order valence-corrected chi connectivity index (χ1v) is 10.6. The Morgan fingerprint density at radius 3 is 2.47 bits per heavy atom. The number of nitrogens with zero attached hydrogens (tertiary/aromatic N) is 1. The average Bonchev–Trinajstić information content (AvgIpc) is 3.03. The van der Waals surface area contributed by atoms with Crippen molar-refractivity contribution < 1.29 is 23.9 Å². The SMILES string of the molecule is CCOC(=O)c1ccc(NC(=O)c2cccc(N3C(=O)[C@H]4CC=C(C)C[C@H]4C3=O)c2)cc1. The third-order valence-electron chi connectivity index (χ3n) is 5.84. The Labute approximate surface area is 186 Å². The Hall–Kier alpha value is -3.74. The summed E-state index contributed by atoms with van der Waals surface area (Å²) in [6, 6.07) is 12.9. The summed E-state index contributed by atoms with van der Waals surface area (Å²) in [5.41, 5.74) is 2.74. The van der Waals surface area contributed by atoms with E-state index in [1.807, 2.05) is 13.0 Å². The zero-order chi connectivity index (χ0) is 22.8. The normalized spacial score (nSPS) is 19.9. The van der Waals surface area contributed by atoms with E-state index in [9.17, 15) is 19.2 Å². The van der Waals surface area contributed by atoms with E-state index in [4.69, 9.17) is 4.74 Å². The van der Waals surface area contributed by atoms with E-state index < -0.39 is 5.97 Å². The Balaban J connectivity index is 1.50. The average molecular weight is 432 g/mol.